The van der Waals surface area contributed by atoms with Gasteiger partial charge in [-0.1, -0.05) is 17.3 Å². The Morgan fingerprint density at radius 3 is 2.75 bits per heavy atom. The van der Waals surface area contributed by atoms with Crippen LogP contribution < -0.4 is 10.1 Å². The number of halogens is 2. The molecule has 4 heterocycles. The third kappa shape index (κ3) is 5.06. The van der Waals surface area contributed by atoms with Crippen molar-refractivity contribution in [3.8, 4) is 40.3 Å². The van der Waals surface area contributed by atoms with E-state index in [2.05, 4.69) is 42.3 Å². The molecule has 1 aliphatic carbocycles. The Balaban J connectivity index is 1.55. The monoisotopic (exact) mass is 508 g/mol. The van der Waals surface area contributed by atoms with Crippen LogP contribution in [-0.4, -0.2) is 38.2 Å². The molecule has 0 bridgehead atoms. The minimum absolute atomic E-state index is 0.0903. The molecule has 0 atom stereocenters. The van der Waals surface area contributed by atoms with Gasteiger partial charge in [0.2, 0.25) is 11.0 Å². The molecular formula is C24H18F2N6O3S. The summed E-state index contributed by atoms with van der Waals surface area (Å²) in [6, 6.07) is 2.71. The van der Waals surface area contributed by atoms with Gasteiger partial charge in [0.25, 0.3) is 12.3 Å². The van der Waals surface area contributed by atoms with Crippen LogP contribution in [0.25, 0.3) is 22.7 Å². The third-order valence-electron chi connectivity index (χ3n) is 5.21. The first-order chi connectivity index (χ1) is 17.4. The molecule has 5 rings (SSSR count). The fourth-order valence-electron chi connectivity index (χ4n) is 3.28. The molecule has 9 nitrogen and oxygen atoms in total. The average Bonchev–Trinajstić information content (AvgIpc) is 3.44. The van der Waals surface area contributed by atoms with Crippen molar-refractivity contribution in [1.82, 2.24) is 25.1 Å². The second-order valence-corrected chi connectivity index (χ2v) is 8.91. The van der Waals surface area contributed by atoms with E-state index in [-0.39, 0.29) is 33.5 Å². The second kappa shape index (κ2) is 9.79. The van der Waals surface area contributed by atoms with E-state index in [0.29, 0.717) is 22.3 Å². The highest BCUT2D eigenvalue weighted by Crippen LogP contribution is 2.36. The van der Waals surface area contributed by atoms with Gasteiger partial charge in [-0.3, -0.25) is 20.1 Å². The summed E-state index contributed by atoms with van der Waals surface area (Å²) in [5, 5.41) is 11.4. The van der Waals surface area contributed by atoms with Crippen molar-refractivity contribution in [1.29, 1.82) is 0 Å². The second-order valence-electron chi connectivity index (χ2n) is 7.93. The summed E-state index contributed by atoms with van der Waals surface area (Å²) in [4.78, 5) is 25.6. The van der Waals surface area contributed by atoms with E-state index in [1.807, 2.05) is 0 Å². The number of anilines is 1. The predicted octanol–water partition coefficient (Wildman–Crippen LogP) is 4.92. The zero-order chi connectivity index (χ0) is 25.2. The summed E-state index contributed by atoms with van der Waals surface area (Å²) in [5.74, 6) is 6.29. The molecule has 12 heteroatoms. The van der Waals surface area contributed by atoms with Crippen LogP contribution in [0.15, 0.2) is 35.2 Å². The summed E-state index contributed by atoms with van der Waals surface area (Å²) < 4.78 is 37.7. The lowest BCUT2D eigenvalue weighted by Crippen LogP contribution is -2.14. The maximum Gasteiger partial charge on any atom is 0.280 e. The Morgan fingerprint density at radius 1 is 1.22 bits per heavy atom. The fraction of sp³-hybridized carbons (Fsp3) is 0.250. The van der Waals surface area contributed by atoms with Crippen molar-refractivity contribution in [2.24, 2.45) is 5.92 Å². The van der Waals surface area contributed by atoms with Gasteiger partial charge in [-0.15, -0.1) is 10.2 Å². The molecule has 182 valence electrons. The van der Waals surface area contributed by atoms with Crippen LogP contribution in [0.2, 0.25) is 0 Å². The molecule has 36 heavy (non-hydrogen) atoms. The molecule has 1 N–H and O–H groups in total. The van der Waals surface area contributed by atoms with Crippen LogP contribution in [0.5, 0.6) is 5.75 Å². The largest absolute Gasteiger partial charge is 0.494 e. The Morgan fingerprint density at radius 2 is 2.06 bits per heavy atom. The Hall–Kier alpha value is -4.24. The van der Waals surface area contributed by atoms with Crippen molar-refractivity contribution in [3.05, 3.63) is 52.7 Å². The number of alkyl halides is 2. The molecule has 0 saturated heterocycles. The van der Waals surface area contributed by atoms with Crippen molar-refractivity contribution in [2.75, 3.05) is 12.4 Å². The van der Waals surface area contributed by atoms with Gasteiger partial charge in [-0.05, 0) is 37.8 Å². The van der Waals surface area contributed by atoms with E-state index in [9.17, 15) is 13.6 Å². The molecule has 0 aliphatic heterocycles. The smallest absolute Gasteiger partial charge is 0.280 e. The van der Waals surface area contributed by atoms with Gasteiger partial charge < -0.3 is 9.15 Å². The summed E-state index contributed by atoms with van der Waals surface area (Å²) in [6.45, 7) is 1.75. The van der Waals surface area contributed by atoms with Crippen molar-refractivity contribution >= 4 is 22.4 Å². The molecule has 4 aromatic rings. The minimum Gasteiger partial charge on any atom is -0.494 e. The number of hydrogen-bond donors (Lipinski definition) is 1. The Kier molecular flexibility index (Phi) is 6.39. The quantitative estimate of drug-likeness (QED) is 0.365. The Bertz CT molecular complexity index is 1500. The average molecular weight is 509 g/mol. The van der Waals surface area contributed by atoms with E-state index < -0.39 is 18.0 Å². The molecule has 0 radical (unpaired) electrons. The van der Waals surface area contributed by atoms with Gasteiger partial charge in [0, 0.05) is 23.2 Å². The molecule has 0 aromatic carbocycles. The number of nitrogens with zero attached hydrogens (tertiary/aromatic N) is 5. The first-order valence-electron chi connectivity index (χ1n) is 10.8. The number of methoxy groups -OCH3 is 1. The van der Waals surface area contributed by atoms with Gasteiger partial charge in [0.1, 0.15) is 23.4 Å². The highest BCUT2D eigenvalue weighted by molar-refractivity contribution is 7.15. The Labute approximate surface area is 208 Å². The lowest BCUT2D eigenvalue weighted by atomic mass is 9.99. The van der Waals surface area contributed by atoms with Gasteiger partial charge in [0.05, 0.1) is 24.6 Å². The highest BCUT2D eigenvalue weighted by Gasteiger charge is 2.23. The molecule has 0 unspecified atom stereocenters. The van der Waals surface area contributed by atoms with Crippen molar-refractivity contribution < 1.29 is 22.7 Å². The lowest BCUT2D eigenvalue weighted by Gasteiger charge is -2.14. The van der Waals surface area contributed by atoms with E-state index in [0.717, 1.165) is 24.2 Å². The number of hydrogen-bond acceptors (Lipinski definition) is 9. The number of carbonyl (C=O) groups is 1. The van der Waals surface area contributed by atoms with Crippen LogP contribution in [0.1, 0.15) is 46.0 Å². The summed E-state index contributed by atoms with van der Waals surface area (Å²) >= 11 is 1.14. The van der Waals surface area contributed by atoms with Crippen molar-refractivity contribution in [2.45, 2.75) is 26.2 Å². The van der Waals surface area contributed by atoms with Crippen LogP contribution in [0, 0.1) is 24.7 Å². The molecule has 1 amide bonds. The SMILES string of the molecule is COc1cnc(C(F)F)cc1-c1cc(-c2nc(C)co2)ncc1C(=O)Nc1nnc(C#CC2CC2)s1. The number of pyridine rings is 2. The van der Waals surface area contributed by atoms with E-state index in [1.54, 1.807) is 6.92 Å². The van der Waals surface area contributed by atoms with Gasteiger partial charge >= 0.3 is 0 Å². The fourth-order valence-corrected chi connectivity index (χ4v) is 3.88. The molecule has 1 aliphatic rings. The lowest BCUT2D eigenvalue weighted by molar-refractivity contribution is 0.102. The first kappa shape index (κ1) is 23.5. The number of ether oxygens (including phenoxy) is 1. The summed E-state index contributed by atoms with van der Waals surface area (Å²) in [5.41, 5.74) is 1.06. The van der Waals surface area contributed by atoms with Crippen LogP contribution in [0.4, 0.5) is 13.9 Å². The number of aromatic nitrogens is 5. The van der Waals surface area contributed by atoms with Gasteiger partial charge in [-0.2, -0.15) is 0 Å². The minimum atomic E-state index is -2.82. The standard InChI is InChI=1S/C24H18F2N6O3S/c1-12-11-35-23(29-12)18-7-14(15-8-17(21(25)26)28-10-19(15)34-2)16(9-27-18)22(33)30-24-32-31-20(36-24)6-5-13-3-4-13/h7-11,13,21H,3-4H2,1-2H3,(H,30,32,33). The summed E-state index contributed by atoms with van der Waals surface area (Å²) in [6.07, 6.45) is 3.30. The first-order valence-corrected chi connectivity index (χ1v) is 11.6. The molecule has 4 aromatic heterocycles. The number of rotatable bonds is 6. The highest BCUT2D eigenvalue weighted by atomic mass is 32.1. The van der Waals surface area contributed by atoms with Crippen LogP contribution in [0.3, 0.4) is 0 Å². The van der Waals surface area contributed by atoms with E-state index in [4.69, 9.17) is 9.15 Å². The van der Waals surface area contributed by atoms with Gasteiger partial charge in [0.15, 0.2) is 5.01 Å². The third-order valence-corrected chi connectivity index (χ3v) is 5.97. The molecular weight excluding hydrogens is 490 g/mol. The topological polar surface area (TPSA) is 116 Å². The normalized spacial score (nSPS) is 12.8. The zero-order valence-corrected chi connectivity index (χ0v) is 19.9. The number of aryl methyl sites for hydroxylation is 1. The van der Waals surface area contributed by atoms with Crippen LogP contribution >= 0.6 is 11.3 Å². The number of carbonyl (C=O) groups excluding carboxylic acids is 1. The number of amides is 1. The van der Waals surface area contributed by atoms with E-state index in [1.165, 1.54) is 37.9 Å². The van der Waals surface area contributed by atoms with Crippen molar-refractivity contribution in [3.63, 3.8) is 0 Å². The number of nitrogens with one attached hydrogen (secondary N) is 1. The molecule has 1 saturated carbocycles. The number of oxazole rings is 1. The maximum atomic E-state index is 13.5. The van der Waals surface area contributed by atoms with Crippen LogP contribution in [-0.2, 0) is 0 Å². The predicted molar refractivity (Wildman–Crippen MR) is 127 cm³/mol. The van der Waals surface area contributed by atoms with E-state index >= 15 is 0 Å². The molecule has 0 spiro atoms. The maximum absolute atomic E-state index is 13.5. The van der Waals surface area contributed by atoms with Gasteiger partial charge in [-0.25, -0.2) is 13.8 Å². The zero-order valence-electron chi connectivity index (χ0n) is 19.1. The summed E-state index contributed by atoms with van der Waals surface area (Å²) in [7, 11) is 1.38. The molecule has 1 fully saturated rings.